The topological polar surface area (TPSA) is 32.3 Å². The number of para-hydroxylation sites is 1. The van der Waals surface area contributed by atoms with Crippen molar-refractivity contribution in [2.45, 2.75) is 26.8 Å². The minimum absolute atomic E-state index is 0.0654. The summed E-state index contributed by atoms with van der Waals surface area (Å²) in [5.41, 5.74) is 6.84. The molecule has 0 unspecified atom stereocenters. The second-order valence-corrected chi connectivity index (χ2v) is 5.74. The van der Waals surface area contributed by atoms with Crippen molar-refractivity contribution in [1.29, 1.82) is 0 Å². The minimum Gasteiger partial charge on any atom is -0.387 e. The van der Waals surface area contributed by atoms with Crippen LogP contribution in [-0.2, 0) is 11.3 Å². The van der Waals surface area contributed by atoms with Crippen molar-refractivity contribution in [2.24, 2.45) is 0 Å². The Hall–Kier alpha value is -2.55. The molecule has 23 heavy (non-hydrogen) atoms. The summed E-state index contributed by atoms with van der Waals surface area (Å²) in [6.45, 7) is 4.38. The zero-order valence-corrected chi connectivity index (χ0v) is 13.9. The molecule has 1 heterocycles. The van der Waals surface area contributed by atoms with E-state index in [1.165, 1.54) is 11.1 Å². The summed E-state index contributed by atoms with van der Waals surface area (Å²) in [5.74, 6) is 0.0654. The van der Waals surface area contributed by atoms with E-state index < -0.39 is 0 Å². The highest BCUT2D eigenvalue weighted by atomic mass is 16.2. The van der Waals surface area contributed by atoms with Crippen LogP contribution in [-0.4, -0.2) is 13.0 Å². The maximum atomic E-state index is 12.3. The monoisotopic (exact) mass is 306 g/mol. The van der Waals surface area contributed by atoms with Crippen molar-refractivity contribution >= 4 is 22.9 Å². The molecule has 0 aromatic heterocycles. The summed E-state index contributed by atoms with van der Waals surface area (Å²) in [6.07, 6.45) is 0.896. The van der Waals surface area contributed by atoms with Crippen LogP contribution < -0.4 is 10.2 Å². The van der Waals surface area contributed by atoms with E-state index in [1.54, 1.807) is 6.92 Å². The van der Waals surface area contributed by atoms with Gasteiger partial charge in [0.15, 0.2) is 0 Å². The second kappa shape index (κ2) is 6.29. The number of hydrogen-bond acceptors (Lipinski definition) is 2. The van der Waals surface area contributed by atoms with Crippen LogP contribution in [0.15, 0.2) is 48.5 Å². The van der Waals surface area contributed by atoms with Gasteiger partial charge in [-0.2, -0.15) is 0 Å². The fourth-order valence-corrected chi connectivity index (χ4v) is 3.35. The quantitative estimate of drug-likeness (QED) is 0.908. The average molecular weight is 306 g/mol. The minimum atomic E-state index is 0.0654. The summed E-state index contributed by atoms with van der Waals surface area (Å²) >= 11 is 0. The van der Waals surface area contributed by atoms with Gasteiger partial charge in [-0.05, 0) is 23.6 Å². The van der Waals surface area contributed by atoms with Gasteiger partial charge in [-0.15, -0.1) is 0 Å². The lowest BCUT2D eigenvalue weighted by Gasteiger charge is -2.30. The number of benzene rings is 2. The highest BCUT2D eigenvalue weighted by molar-refractivity contribution is 6.01. The van der Waals surface area contributed by atoms with Gasteiger partial charge in [0.05, 0.1) is 12.2 Å². The fraction of sp³-hybridized carbons (Fsp3) is 0.250. The molecule has 2 aromatic rings. The first-order valence-electron chi connectivity index (χ1n) is 8.04. The molecule has 0 saturated heterocycles. The van der Waals surface area contributed by atoms with E-state index in [-0.39, 0.29) is 5.91 Å². The molecule has 0 aliphatic carbocycles. The van der Waals surface area contributed by atoms with Gasteiger partial charge in [-0.25, -0.2) is 0 Å². The van der Waals surface area contributed by atoms with E-state index in [4.69, 9.17) is 0 Å². The number of carbonyl (C=O) groups is 1. The van der Waals surface area contributed by atoms with Crippen molar-refractivity contribution in [2.75, 3.05) is 11.9 Å². The van der Waals surface area contributed by atoms with Gasteiger partial charge in [0.1, 0.15) is 0 Å². The number of rotatable bonds is 2. The molecule has 3 heteroatoms. The molecule has 1 aliphatic heterocycles. The summed E-state index contributed by atoms with van der Waals surface area (Å²) < 4.78 is 0. The van der Waals surface area contributed by atoms with Crippen LogP contribution in [0.1, 0.15) is 37.0 Å². The number of fused-ring (bicyclic) bond motifs is 2. The van der Waals surface area contributed by atoms with Gasteiger partial charge >= 0.3 is 0 Å². The predicted octanol–water partition coefficient (Wildman–Crippen LogP) is 4.05. The Morgan fingerprint density at radius 1 is 1.09 bits per heavy atom. The van der Waals surface area contributed by atoms with E-state index in [2.05, 4.69) is 36.5 Å². The Labute approximate surface area is 137 Å². The van der Waals surface area contributed by atoms with Crippen molar-refractivity contribution < 1.29 is 4.79 Å². The molecule has 0 atom stereocenters. The Balaban J connectivity index is 2.37. The SMILES string of the molecule is CC/C1=C(\NC)c2ccccc2CN(C(C)=O)c2ccccc21. The van der Waals surface area contributed by atoms with E-state index in [9.17, 15) is 4.79 Å². The number of hydrogen-bond donors (Lipinski definition) is 1. The highest BCUT2D eigenvalue weighted by Gasteiger charge is 2.24. The highest BCUT2D eigenvalue weighted by Crippen LogP contribution is 2.37. The molecule has 0 saturated carbocycles. The Bertz CT molecular complexity index is 777. The summed E-state index contributed by atoms with van der Waals surface area (Å²) in [6, 6.07) is 16.5. The second-order valence-electron chi connectivity index (χ2n) is 5.74. The van der Waals surface area contributed by atoms with Crippen LogP contribution in [0, 0.1) is 0 Å². The zero-order chi connectivity index (χ0) is 16.4. The van der Waals surface area contributed by atoms with Crippen LogP contribution in [0.5, 0.6) is 0 Å². The fourth-order valence-electron chi connectivity index (χ4n) is 3.35. The number of allylic oxidation sites excluding steroid dienone is 1. The first-order chi connectivity index (χ1) is 11.2. The van der Waals surface area contributed by atoms with Gasteiger partial charge in [0.25, 0.3) is 0 Å². The normalized spacial score (nSPS) is 16.9. The number of amides is 1. The molecule has 0 spiro atoms. The predicted molar refractivity (Wildman–Crippen MR) is 95.9 cm³/mol. The molecular weight excluding hydrogens is 284 g/mol. The van der Waals surface area contributed by atoms with E-state index >= 15 is 0 Å². The molecule has 118 valence electrons. The largest absolute Gasteiger partial charge is 0.387 e. The van der Waals surface area contributed by atoms with Gasteiger partial charge < -0.3 is 10.2 Å². The lowest BCUT2D eigenvalue weighted by Crippen LogP contribution is -2.30. The smallest absolute Gasteiger partial charge is 0.224 e. The molecule has 0 fully saturated rings. The Morgan fingerprint density at radius 2 is 1.74 bits per heavy atom. The van der Waals surface area contributed by atoms with Gasteiger partial charge in [-0.3, -0.25) is 4.79 Å². The lowest BCUT2D eigenvalue weighted by molar-refractivity contribution is -0.116. The third kappa shape index (κ3) is 2.63. The molecule has 2 aromatic carbocycles. The van der Waals surface area contributed by atoms with Gasteiger partial charge in [0, 0.05) is 30.8 Å². The molecule has 1 aliphatic rings. The Morgan fingerprint density at radius 3 is 2.39 bits per heavy atom. The zero-order valence-electron chi connectivity index (χ0n) is 13.9. The summed E-state index contributed by atoms with van der Waals surface area (Å²) in [7, 11) is 1.97. The summed E-state index contributed by atoms with van der Waals surface area (Å²) in [5, 5.41) is 3.39. The number of nitrogens with one attached hydrogen (secondary N) is 1. The number of anilines is 1. The van der Waals surface area contributed by atoms with Crippen LogP contribution in [0.2, 0.25) is 0 Å². The van der Waals surface area contributed by atoms with Gasteiger partial charge in [-0.1, -0.05) is 49.4 Å². The van der Waals surface area contributed by atoms with E-state index in [0.717, 1.165) is 28.9 Å². The van der Waals surface area contributed by atoms with Crippen molar-refractivity contribution in [3.63, 3.8) is 0 Å². The molecule has 0 bridgehead atoms. The molecule has 1 amide bonds. The maximum Gasteiger partial charge on any atom is 0.224 e. The van der Waals surface area contributed by atoms with E-state index in [0.29, 0.717) is 6.54 Å². The molecule has 0 radical (unpaired) electrons. The molecule has 3 rings (SSSR count). The number of nitrogens with zero attached hydrogens (tertiary/aromatic N) is 1. The van der Waals surface area contributed by atoms with Crippen LogP contribution in [0.3, 0.4) is 0 Å². The van der Waals surface area contributed by atoms with Crippen LogP contribution in [0.4, 0.5) is 5.69 Å². The van der Waals surface area contributed by atoms with Crippen LogP contribution >= 0.6 is 0 Å². The van der Waals surface area contributed by atoms with Crippen molar-refractivity contribution in [3.05, 3.63) is 65.2 Å². The molecule has 3 nitrogen and oxygen atoms in total. The number of carbonyl (C=O) groups excluding carboxylic acids is 1. The van der Waals surface area contributed by atoms with E-state index in [1.807, 2.05) is 36.2 Å². The first kappa shape index (κ1) is 15.3. The third-order valence-electron chi connectivity index (χ3n) is 4.42. The Kier molecular flexibility index (Phi) is 4.20. The third-order valence-corrected chi connectivity index (χ3v) is 4.42. The summed E-state index contributed by atoms with van der Waals surface area (Å²) in [4.78, 5) is 14.1. The van der Waals surface area contributed by atoms with Crippen LogP contribution in [0.25, 0.3) is 11.3 Å². The van der Waals surface area contributed by atoms with Gasteiger partial charge in [0.2, 0.25) is 5.91 Å². The lowest BCUT2D eigenvalue weighted by atomic mass is 9.91. The average Bonchev–Trinajstić information content (AvgIpc) is 2.56. The van der Waals surface area contributed by atoms with Crippen molar-refractivity contribution in [3.8, 4) is 0 Å². The van der Waals surface area contributed by atoms with Crippen molar-refractivity contribution in [1.82, 2.24) is 5.32 Å². The molecule has 1 N–H and O–H groups in total. The standard InChI is InChI=1S/C20H22N2O/c1-4-16-18-11-7-8-12-19(18)22(14(2)23)13-15-9-5-6-10-17(15)20(16)21-3/h5-12,21H,4,13H2,1-3H3/b20-16+. The first-order valence-corrected chi connectivity index (χ1v) is 8.04. The maximum absolute atomic E-state index is 12.3. The molecular formula is C20H22N2O.